The second-order valence-electron chi connectivity index (χ2n) is 8.86. The van der Waals surface area contributed by atoms with Crippen molar-refractivity contribution in [2.75, 3.05) is 6.54 Å². The minimum atomic E-state index is -0.133. The summed E-state index contributed by atoms with van der Waals surface area (Å²) in [5.74, 6) is 1.64. The van der Waals surface area contributed by atoms with Crippen molar-refractivity contribution in [3.63, 3.8) is 0 Å². The number of hydrogen-bond acceptors (Lipinski definition) is 2. The van der Waals surface area contributed by atoms with Crippen molar-refractivity contribution in [3.05, 3.63) is 34.9 Å². The second kappa shape index (κ2) is 8.96. The number of nitrogens with zero attached hydrogens (tertiary/aromatic N) is 1. The highest BCUT2D eigenvalue weighted by Crippen LogP contribution is 2.41. The topological polar surface area (TPSA) is 46.3 Å². The first-order valence-electron chi connectivity index (χ1n) is 10.8. The highest BCUT2D eigenvalue weighted by molar-refractivity contribution is 5.85. The molecule has 0 radical (unpaired) electrons. The first kappa shape index (κ1) is 20.7. The van der Waals surface area contributed by atoms with Crippen molar-refractivity contribution in [1.82, 2.24) is 4.90 Å². The Morgan fingerprint density at radius 2 is 1.67 bits per heavy atom. The molecule has 1 saturated heterocycles. The summed E-state index contributed by atoms with van der Waals surface area (Å²) in [7, 11) is 0. The summed E-state index contributed by atoms with van der Waals surface area (Å²) in [4.78, 5) is 14.6. The van der Waals surface area contributed by atoms with Crippen LogP contribution in [0.4, 0.5) is 0 Å². The van der Waals surface area contributed by atoms with E-state index >= 15 is 0 Å². The van der Waals surface area contributed by atoms with Crippen LogP contribution in [0.5, 0.6) is 0 Å². The first-order chi connectivity index (χ1) is 12.7. The van der Waals surface area contributed by atoms with E-state index in [1.54, 1.807) is 16.7 Å². The summed E-state index contributed by atoms with van der Waals surface area (Å²) in [5, 5.41) is 0. The van der Waals surface area contributed by atoms with Gasteiger partial charge in [0.2, 0.25) is 5.91 Å². The smallest absolute Gasteiger partial charge is 0.234 e. The normalized spacial score (nSPS) is 24.3. The van der Waals surface area contributed by atoms with Crippen LogP contribution in [0.15, 0.2) is 18.2 Å². The quantitative estimate of drug-likeness (QED) is 0.692. The summed E-state index contributed by atoms with van der Waals surface area (Å²) in [6.07, 6.45) is 12.3. The summed E-state index contributed by atoms with van der Waals surface area (Å²) < 4.78 is 0. The van der Waals surface area contributed by atoms with E-state index in [4.69, 9.17) is 5.73 Å². The molecule has 2 N–H and O–H groups in total. The Morgan fingerprint density at radius 3 is 2.15 bits per heavy atom. The van der Waals surface area contributed by atoms with Crippen molar-refractivity contribution < 1.29 is 4.79 Å². The molecule has 2 saturated carbocycles. The molecule has 3 nitrogen and oxygen atoms in total. The molecule has 0 aromatic heterocycles. The number of rotatable bonds is 8. The summed E-state index contributed by atoms with van der Waals surface area (Å²) in [6.45, 7) is 3.29. The van der Waals surface area contributed by atoms with E-state index in [1.807, 2.05) is 0 Å². The van der Waals surface area contributed by atoms with Crippen molar-refractivity contribution in [2.24, 2.45) is 17.6 Å². The van der Waals surface area contributed by atoms with Crippen LogP contribution >= 0.6 is 12.4 Å². The molecule has 0 spiro atoms. The van der Waals surface area contributed by atoms with Gasteiger partial charge < -0.3 is 5.73 Å². The highest BCUT2D eigenvalue weighted by atomic mass is 35.5. The van der Waals surface area contributed by atoms with Crippen molar-refractivity contribution in [3.8, 4) is 0 Å². The summed E-state index contributed by atoms with van der Waals surface area (Å²) in [6, 6.07) is 7.24. The zero-order valence-corrected chi connectivity index (χ0v) is 17.5. The SMILES string of the molecule is CC[C@@H](c1c(CC2CC2)cccc1CC1CC1)N1CCCCC1C(N)=O.Cl. The number of hydrogen-bond donors (Lipinski definition) is 1. The lowest BCUT2D eigenvalue weighted by atomic mass is 9.85. The van der Waals surface area contributed by atoms with E-state index < -0.39 is 0 Å². The van der Waals surface area contributed by atoms with Gasteiger partial charge in [-0.2, -0.15) is 0 Å². The molecule has 4 heteroatoms. The van der Waals surface area contributed by atoms with Gasteiger partial charge in [-0.25, -0.2) is 0 Å². The lowest BCUT2D eigenvalue weighted by Crippen LogP contribution is -2.49. The molecule has 1 amide bonds. The van der Waals surface area contributed by atoms with Gasteiger partial charge in [0, 0.05) is 6.04 Å². The Kier molecular flexibility index (Phi) is 6.86. The van der Waals surface area contributed by atoms with Gasteiger partial charge in [-0.05, 0) is 92.9 Å². The molecule has 2 aliphatic carbocycles. The lowest BCUT2D eigenvalue weighted by molar-refractivity contribution is -0.125. The second-order valence-corrected chi connectivity index (χ2v) is 8.86. The fourth-order valence-electron chi connectivity index (χ4n) is 4.95. The Labute approximate surface area is 170 Å². The minimum absolute atomic E-state index is 0. The number of benzene rings is 1. The molecule has 4 rings (SSSR count). The van der Waals surface area contributed by atoms with Crippen LogP contribution in [0.2, 0.25) is 0 Å². The minimum Gasteiger partial charge on any atom is -0.368 e. The Bertz CT molecular complexity index is 622. The molecule has 1 heterocycles. The molecular formula is C23H35ClN2O. The van der Waals surface area contributed by atoms with Gasteiger partial charge in [-0.1, -0.05) is 31.5 Å². The molecule has 1 aliphatic heterocycles. The predicted molar refractivity (Wildman–Crippen MR) is 113 cm³/mol. The average molecular weight is 391 g/mol. The van der Waals surface area contributed by atoms with Gasteiger partial charge in [0.15, 0.2) is 0 Å². The number of piperidine rings is 1. The lowest BCUT2D eigenvalue weighted by Gasteiger charge is -2.41. The highest BCUT2D eigenvalue weighted by Gasteiger charge is 2.35. The average Bonchev–Trinajstić information content (AvgIpc) is 3.54. The summed E-state index contributed by atoms with van der Waals surface area (Å²) >= 11 is 0. The number of carbonyl (C=O) groups excluding carboxylic acids is 1. The zero-order valence-electron chi connectivity index (χ0n) is 16.7. The standard InChI is InChI=1S/C23H34N2O.ClH/c1-2-20(25-13-4-3-8-21(25)23(24)26)22-18(14-16-9-10-16)6-5-7-19(22)15-17-11-12-17;/h5-7,16-17,20-21H,2-4,8-15H2,1H3,(H2,24,26);1H/t20-,21?;/m0./s1. The Balaban J connectivity index is 0.00000210. The van der Waals surface area contributed by atoms with E-state index in [2.05, 4.69) is 30.0 Å². The van der Waals surface area contributed by atoms with Crippen LogP contribution in [-0.2, 0) is 17.6 Å². The van der Waals surface area contributed by atoms with Gasteiger partial charge >= 0.3 is 0 Å². The zero-order chi connectivity index (χ0) is 18.1. The molecule has 1 aromatic carbocycles. The molecule has 150 valence electrons. The maximum atomic E-state index is 12.1. The van der Waals surface area contributed by atoms with Gasteiger partial charge in [-0.3, -0.25) is 9.69 Å². The van der Waals surface area contributed by atoms with Crippen LogP contribution < -0.4 is 5.73 Å². The third-order valence-corrected chi connectivity index (χ3v) is 6.69. The molecule has 1 aromatic rings. The number of carbonyl (C=O) groups is 1. The number of likely N-dealkylation sites (tertiary alicyclic amines) is 1. The maximum absolute atomic E-state index is 12.1. The van der Waals surface area contributed by atoms with E-state index in [9.17, 15) is 4.79 Å². The largest absolute Gasteiger partial charge is 0.368 e. The van der Waals surface area contributed by atoms with Crippen LogP contribution in [0.3, 0.4) is 0 Å². The number of amides is 1. The van der Waals surface area contributed by atoms with Gasteiger partial charge in [0.1, 0.15) is 0 Å². The maximum Gasteiger partial charge on any atom is 0.234 e. The number of halogens is 1. The third kappa shape index (κ3) is 4.86. The van der Waals surface area contributed by atoms with Crippen LogP contribution in [0.1, 0.15) is 81.0 Å². The van der Waals surface area contributed by atoms with E-state index in [1.165, 1.54) is 44.9 Å². The van der Waals surface area contributed by atoms with E-state index in [-0.39, 0.29) is 24.4 Å². The number of primary amides is 1. The first-order valence-corrected chi connectivity index (χ1v) is 10.8. The van der Waals surface area contributed by atoms with Crippen molar-refractivity contribution in [2.45, 2.75) is 83.2 Å². The van der Waals surface area contributed by atoms with Crippen molar-refractivity contribution in [1.29, 1.82) is 0 Å². The third-order valence-electron chi connectivity index (χ3n) is 6.69. The summed E-state index contributed by atoms with van der Waals surface area (Å²) in [5.41, 5.74) is 10.5. The van der Waals surface area contributed by atoms with Gasteiger partial charge in [0.05, 0.1) is 6.04 Å². The van der Waals surface area contributed by atoms with Gasteiger partial charge in [0.25, 0.3) is 0 Å². The Morgan fingerprint density at radius 1 is 1.07 bits per heavy atom. The molecule has 1 unspecified atom stereocenters. The predicted octanol–water partition coefficient (Wildman–Crippen LogP) is 4.80. The van der Waals surface area contributed by atoms with Crippen LogP contribution in [0, 0.1) is 11.8 Å². The van der Waals surface area contributed by atoms with Crippen LogP contribution in [0.25, 0.3) is 0 Å². The van der Waals surface area contributed by atoms with Gasteiger partial charge in [-0.15, -0.1) is 12.4 Å². The molecule has 2 atom stereocenters. The fraction of sp³-hybridized carbons (Fsp3) is 0.696. The monoisotopic (exact) mass is 390 g/mol. The molecular weight excluding hydrogens is 356 g/mol. The Hall–Kier alpha value is -1.06. The van der Waals surface area contributed by atoms with Crippen LogP contribution in [-0.4, -0.2) is 23.4 Å². The molecule has 0 bridgehead atoms. The van der Waals surface area contributed by atoms with Crippen molar-refractivity contribution >= 4 is 18.3 Å². The van der Waals surface area contributed by atoms with E-state index in [0.717, 1.165) is 37.6 Å². The fourth-order valence-corrected chi connectivity index (χ4v) is 4.95. The van der Waals surface area contributed by atoms with E-state index in [0.29, 0.717) is 6.04 Å². The number of nitrogens with two attached hydrogens (primary N) is 1. The molecule has 3 fully saturated rings. The molecule has 27 heavy (non-hydrogen) atoms. The molecule has 3 aliphatic rings.